The molecule has 0 aliphatic rings. The molecular weight excluding hydrogens is 226 g/mol. The smallest absolute Gasteiger partial charge is 0.0772 e. The first-order valence-corrected chi connectivity index (χ1v) is 6.20. The van der Waals surface area contributed by atoms with Gasteiger partial charge in [0.25, 0.3) is 0 Å². The second-order valence-electron chi connectivity index (χ2n) is 3.64. The van der Waals surface area contributed by atoms with Crippen LogP contribution in [-0.2, 0) is 0 Å². The van der Waals surface area contributed by atoms with E-state index in [1.165, 1.54) is 0 Å². The van der Waals surface area contributed by atoms with Crippen molar-refractivity contribution in [1.82, 2.24) is 4.98 Å². The molecule has 2 heterocycles. The standard InChI is InChI=1S/C15H9NS/c1-2-6-15-13(4-1)10-12(11-16-15)7-8-14-5-3-9-17-14/h1-6,9-11H. The number of fused-ring (bicyclic) bond motifs is 1. The van der Waals surface area contributed by atoms with E-state index < -0.39 is 0 Å². The summed E-state index contributed by atoms with van der Waals surface area (Å²) in [5.74, 6) is 6.27. The number of para-hydroxylation sites is 1. The van der Waals surface area contributed by atoms with Crippen molar-refractivity contribution in [3.8, 4) is 11.8 Å². The van der Waals surface area contributed by atoms with E-state index in [0.29, 0.717) is 0 Å². The van der Waals surface area contributed by atoms with Crippen LogP contribution in [0, 0.1) is 11.8 Å². The lowest BCUT2D eigenvalue weighted by atomic mass is 10.1. The second kappa shape index (κ2) is 4.40. The Kier molecular flexibility index (Phi) is 2.61. The lowest BCUT2D eigenvalue weighted by molar-refractivity contribution is 1.39. The van der Waals surface area contributed by atoms with Crippen molar-refractivity contribution in [2.75, 3.05) is 0 Å². The topological polar surface area (TPSA) is 12.9 Å². The summed E-state index contributed by atoms with van der Waals surface area (Å²) in [5.41, 5.74) is 1.96. The fourth-order valence-corrected chi connectivity index (χ4v) is 2.19. The molecule has 0 aliphatic heterocycles. The van der Waals surface area contributed by atoms with Crippen LogP contribution in [-0.4, -0.2) is 4.98 Å². The fraction of sp³-hybridized carbons (Fsp3) is 0. The van der Waals surface area contributed by atoms with E-state index in [4.69, 9.17) is 0 Å². The summed E-state index contributed by atoms with van der Waals surface area (Å²) < 4.78 is 0. The van der Waals surface area contributed by atoms with E-state index in [1.807, 2.05) is 41.9 Å². The van der Waals surface area contributed by atoms with E-state index >= 15 is 0 Å². The molecule has 0 radical (unpaired) electrons. The monoisotopic (exact) mass is 235 g/mol. The average molecular weight is 235 g/mol. The number of nitrogens with zero attached hydrogens (tertiary/aromatic N) is 1. The third-order valence-electron chi connectivity index (χ3n) is 2.44. The van der Waals surface area contributed by atoms with Crippen LogP contribution in [0.25, 0.3) is 10.9 Å². The van der Waals surface area contributed by atoms with Crippen molar-refractivity contribution in [2.24, 2.45) is 0 Å². The van der Waals surface area contributed by atoms with E-state index in [1.54, 1.807) is 11.3 Å². The van der Waals surface area contributed by atoms with Crippen LogP contribution in [0.2, 0.25) is 0 Å². The van der Waals surface area contributed by atoms with Crippen LogP contribution in [0.5, 0.6) is 0 Å². The second-order valence-corrected chi connectivity index (χ2v) is 4.59. The molecule has 2 heteroatoms. The van der Waals surface area contributed by atoms with Crippen molar-refractivity contribution in [3.05, 3.63) is 64.5 Å². The largest absolute Gasteiger partial charge is 0.255 e. The van der Waals surface area contributed by atoms with E-state index in [9.17, 15) is 0 Å². The maximum Gasteiger partial charge on any atom is 0.0772 e. The minimum Gasteiger partial charge on any atom is -0.255 e. The average Bonchev–Trinajstić information content (AvgIpc) is 2.89. The summed E-state index contributed by atoms with van der Waals surface area (Å²) in [6, 6.07) is 14.2. The molecule has 0 saturated heterocycles. The van der Waals surface area contributed by atoms with E-state index in [-0.39, 0.29) is 0 Å². The maximum atomic E-state index is 4.38. The molecule has 0 aliphatic carbocycles. The summed E-state index contributed by atoms with van der Waals surface area (Å²) in [6.45, 7) is 0. The molecule has 80 valence electrons. The van der Waals surface area contributed by atoms with Gasteiger partial charge in [0.05, 0.1) is 10.4 Å². The molecule has 0 bridgehead atoms. The highest BCUT2D eigenvalue weighted by Crippen LogP contribution is 2.12. The molecule has 0 unspecified atom stereocenters. The van der Waals surface area contributed by atoms with Crippen molar-refractivity contribution < 1.29 is 0 Å². The number of pyridine rings is 1. The molecule has 17 heavy (non-hydrogen) atoms. The van der Waals surface area contributed by atoms with Crippen LogP contribution in [0.4, 0.5) is 0 Å². The number of thiophene rings is 1. The lowest BCUT2D eigenvalue weighted by Crippen LogP contribution is -1.81. The first kappa shape index (κ1) is 10.1. The highest BCUT2D eigenvalue weighted by atomic mass is 32.1. The molecule has 3 rings (SSSR count). The fourth-order valence-electron chi connectivity index (χ4n) is 1.62. The van der Waals surface area contributed by atoms with Gasteiger partial charge in [0.1, 0.15) is 0 Å². The molecular formula is C15H9NS. The molecule has 1 nitrogen and oxygen atoms in total. The zero-order valence-corrected chi connectivity index (χ0v) is 9.87. The van der Waals surface area contributed by atoms with Crippen molar-refractivity contribution in [1.29, 1.82) is 0 Å². The van der Waals surface area contributed by atoms with Gasteiger partial charge >= 0.3 is 0 Å². The number of hydrogen-bond donors (Lipinski definition) is 0. The van der Waals surface area contributed by atoms with Crippen molar-refractivity contribution in [3.63, 3.8) is 0 Å². The minimum absolute atomic E-state index is 0.956. The highest BCUT2D eigenvalue weighted by molar-refractivity contribution is 7.10. The highest BCUT2D eigenvalue weighted by Gasteiger charge is 1.94. The summed E-state index contributed by atoms with van der Waals surface area (Å²) >= 11 is 1.65. The van der Waals surface area contributed by atoms with Crippen LogP contribution < -0.4 is 0 Å². The SMILES string of the molecule is C(#Cc1cccs1)c1cnc2ccccc2c1. The summed E-state index contributed by atoms with van der Waals surface area (Å²) in [7, 11) is 0. The van der Waals surface area contributed by atoms with E-state index in [0.717, 1.165) is 21.3 Å². The first-order chi connectivity index (χ1) is 8.42. The Morgan fingerprint density at radius 1 is 1.00 bits per heavy atom. The summed E-state index contributed by atoms with van der Waals surface area (Å²) in [4.78, 5) is 5.46. The van der Waals surface area contributed by atoms with Gasteiger partial charge in [-0.1, -0.05) is 36.1 Å². The van der Waals surface area contributed by atoms with Crippen LogP contribution in [0.3, 0.4) is 0 Å². The van der Waals surface area contributed by atoms with Gasteiger partial charge in [0.2, 0.25) is 0 Å². The van der Waals surface area contributed by atoms with Gasteiger partial charge in [-0.2, -0.15) is 0 Å². The van der Waals surface area contributed by atoms with Crippen molar-refractivity contribution in [2.45, 2.75) is 0 Å². The molecule has 0 saturated carbocycles. The molecule has 3 aromatic rings. The van der Waals surface area contributed by atoms with Gasteiger partial charge in [-0.05, 0) is 23.6 Å². The summed E-state index contributed by atoms with van der Waals surface area (Å²) in [6.07, 6.45) is 1.82. The predicted molar refractivity (Wildman–Crippen MR) is 72.0 cm³/mol. The zero-order valence-electron chi connectivity index (χ0n) is 9.05. The number of hydrogen-bond acceptors (Lipinski definition) is 2. The molecule has 1 aromatic carbocycles. The Hall–Kier alpha value is -2.11. The van der Waals surface area contributed by atoms with Crippen LogP contribution in [0.15, 0.2) is 54.0 Å². The van der Waals surface area contributed by atoms with Gasteiger partial charge in [-0.15, -0.1) is 11.3 Å². The van der Waals surface area contributed by atoms with Gasteiger partial charge in [0.15, 0.2) is 0 Å². The van der Waals surface area contributed by atoms with Gasteiger partial charge < -0.3 is 0 Å². The minimum atomic E-state index is 0.956. The zero-order chi connectivity index (χ0) is 11.5. The Bertz CT molecular complexity index is 702. The third kappa shape index (κ3) is 2.20. The number of benzene rings is 1. The Labute approximate surface area is 104 Å². The molecule has 0 fully saturated rings. The van der Waals surface area contributed by atoms with Gasteiger partial charge in [0, 0.05) is 17.1 Å². The molecule has 2 aromatic heterocycles. The van der Waals surface area contributed by atoms with Gasteiger partial charge in [-0.25, -0.2) is 0 Å². The Morgan fingerprint density at radius 3 is 2.82 bits per heavy atom. The Balaban J connectivity index is 2.01. The molecule has 0 atom stereocenters. The number of rotatable bonds is 0. The molecule has 0 spiro atoms. The van der Waals surface area contributed by atoms with Crippen LogP contribution in [0.1, 0.15) is 10.4 Å². The van der Waals surface area contributed by atoms with Crippen molar-refractivity contribution >= 4 is 22.2 Å². The van der Waals surface area contributed by atoms with E-state index in [2.05, 4.69) is 29.0 Å². The van der Waals surface area contributed by atoms with Gasteiger partial charge in [-0.3, -0.25) is 4.98 Å². The molecule has 0 N–H and O–H groups in total. The third-order valence-corrected chi connectivity index (χ3v) is 3.23. The normalized spacial score (nSPS) is 9.88. The molecule has 0 amide bonds. The summed E-state index contributed by atoms with van der Waals surface area (Å²) in [5, 5.41) is 3.16. The Morgan fingerprint density at radius 2 is 1.94 bits per heavy atom. The lowest BCUT2D eigenvalue weighted by Gasteiger charge is -1.96. The predicted octanol–water partition coefficient (Wildman–Crippen LogP) is 3.70. The quantitative estimate of drug-likeness (QED) is 0.541. The first-order valence-electron chi connectivity index (χ1n) is 5.32. The van der Waals surface area contributed by atoms with Crippen LogP contribution >= 0.6 is 11.3 Å². The number of aromatic nitrogens is 1. The maximum absolute atomic E-state index is 4.38.